The molecule has 0 bridgehead atoms. The van der Waals surface area contributed by atoms with E-state index < -0.39 is 0 Å². The van der Waals surface area contributed by atoms with Crippen LogP contribution in [0.15, 0.2) is 35.5 Å². The molecule has 7 heteroatoms. The van der Waals surface area contributed by atoms with Gasteiger partial charge >= 0.3 is 0 Å². The van der Waals surface area contributed by atoms with Crippen molar-refractivity contribution < 1.29 is 4.79 Å². The molecule has 2 aromatic rings. The van der Waals surface area contributed by atoms with Crippen LogP contribution in [-0.4, -0.2) is 35.0 Å². The number of thioether (sulfide) groups is 1. The Kier molecular flexibility index (Phi) is 7.57. The summed E-state index contributed by atoms with van der Waals surface area (Å²) in [5, 5.41) is 4.15. The minimum Gasteiger partial charge on any atom is -0.356 e. The van der Waals surface area contributed by atoms with Gasteiger partial charge in [0.05, 0.1) is 0 Å². The third-order valence-corrected chi connectivity index (χ3v) is 6.03. The van der Waals surface area contributed by atoms with Crippen LogP contribution in [0.2, 0.25) is 5.15 Å². The number of carbonyl (C=O) groups is 1. The Labute approximate surface area is 176 Å². The molecule has 28 heavy (non-hydrogen) atoms. The van der Waals surface area contributed by atoms with Gasteiger partial charge in [0.15, 0.2) is 5.16 Å². The molecule has 1 atom stereocenters. The number of amides is 1. The quantitative estimate of drug-likeness (QED) is 0.392. The van der Waals surface area contributed by atoms with E-state index in [1.165, 1.54) is 19.3 Å². The van der Waals surface area contributed by atoms with Gasteiger partial charge in [-0.25, -0.2) is 9.97 Å². The molecule has 150 valence electrons. The van der Waals surface area contributed by atoms with Crippen molar-refractivity contribution in [3.05, 3.63) is 46.6 Å². The molecule has 0 unspecified atom stereocenters. The number of carbonyl (C=O) groups excluding carboxylic acids is 1. The maximum absolute atomic E-state index is 12.2. The number of benzene rings is 1. The van der Waals surface area contributed by atoms with Crippen molar-refractivity contribution in [2.24, 2.45) is 0 Å². The van der Waals surface area contributed by atoms with Gasteiger partial charge in [-0.05, 0) is 50.3 Å². The molecule has 5 nitrogen and oxygen atoms in total. The summed E-state index contributed by atoms with van der Waals surface area (Å²) in [5.74, 6) is 1.62. The summed E-state index contributed by atoms with van der Waals surface area (Å²) in [6.45, 7) is 6.11. The number of anilines is 1. The molecule has 3 rings (SSSR count). The van der Waals surface area contributed by atoms with Crippen LogP contribution in [0.5, 0.6) is 0 Å². The first-order chi connectivity index (χ1) is 13.5. The first-order valence-electron chi connectivity index (χ1n) is 9.87. The fourth-order valence-electron chi connectivity index (χ4n) is 3.04. The predicted octanol–water partition coefficient (Wildman–Crippen LogP) is 4.94. The second-order valence-electron chi connectivity index (χ2n) is 7.15. The Morgan fingerprint density at radius 2 is 1.93 bits per heavy atom. The number of nitrogens with one attached hydrogen (secondary N) is 1. The zero-order valence-electron chi connectivity index (χ0n) is 16.4. The van der Waals surface area contributed by atoms with E-state index in [9.17, 15) is 4.79 Å². The largest absolute Gasteiger partial charge is 0.356 e. The van der Waals surface area contributed by atoms with Crippen molar-refractivity contribution in [3.8, 4) is 0 Å². The van der Waals surface area contributed by atoms with Crippen LogP contribution in [0.3, 0.4) is 0 Å². The lowest BCUT2D eigenvalue weighted by Gasteiger charge is -2.27. The Hall–Kier alpha value is -1.79. The van der Waals surface area contributed by atoms with Crippen LogP contribution in [-0.2, 0) is 5.75 Å². The molecule has 2 heterocycles. The number of rotatable bonds is 7. The number of aromatic nitrogens is 2. The van der Waals surface area contributed by atoms with E-state index in [0.717, 1.165) is 36.6 Å². The second kappa shape index (κ2) is 10.1. The lowest BCUT2D eigenvalue weighted by molar-refractivity contribution is 0.0939. The molecule has 1 aromatic heterocycles. The van der Waals surface area contributed by atoms with Gasteiger partial charge in [0.1, 0.15) is 11.0 Å². The summed E-state index contributed by atoms with van der Waals surface area (Å²) in [5.41, 5.74) is 1.80. The monoisotopic (exact) mass is 418 g/mol. The lowest BCUT2D eigenvalue weighted by Crippen LogP contribution is -2.31. The highest BCUT2D eigenvalue weighted by Gasteiger charge is 2.15. The van der Waals surface area contributed by atoms with E-state index >= 15 is 0 Å². The Morgan fingerprint density at radius 1 is 1.21 bits per heavy atom. The molecule has 0 aliphatic carbocycles. The number of nitrogens with zero attached hydrogens (tertiary/aromatic N) is 3. The van der Waals surface area contributed by atoms with E-state index in [0.29, 0.717) is 15.9 Å². The molecular weight excluding hydrogens is 392 g/mol. The van der Waals surface area contributed by atoms with Crippen LogP contribution in [0.4, 0.5) is 5.82 Å². The standard InChI is InChI=1S/C21H27ClN4OS/c1-3-15(2)23-20(27)17-9-7-16(8-10-17)14-28-21-24-18(22)13-19(25-21)26-11-5-4-6-12-26/h7-10,13,15H,3-6,11-12,14H2,1-2H3,(H,23,27)/t15-/m1/s1. The minimum atomic E-state index is -0.0297. The summed E-state index contributed by atoms with van der Waals surface area (Å²) in [7, 11) is 0. The molecular formula is C21H27ClN4OS. The first-order valence-corrected chi connectivity index (χ1v) is 11.2. The molecule has 1 N–H and O–H groups in total. The summed E-state index contributed by atoms with van der Waals surface area (Å²) >= 11 is 7.78. The fraction of sp³-hybridized carbons (Fsp3) is 0.476. The van der Waals surface area contributed by atoms with E-state index in [1.54, 1.807) is 11.8 Å². The molecule has 1 saturated heterocycles. The second-order valence-corrected chi connectivity index (χ2v) is 8.48. The van der Waals surface area contributed by atoms with Crippen molar-refractivity contribution in [3.63, 3.8) is 0 Å². The highest BCUT2D eigenvalue weighted by molar-refractivity contribution is 7.98. The summed E-state index contributed by atoms with van der Waals surface area (Å²) < 4.78 is 0. The van der Waals surface area contributed by atoms with Gasteiger partial charge in [0, 0.05) is 36.5 Å². The van der Waals surface area contributed by atoms with E-state index in [1.807, 2.05) is 37.3 Å². The van der Waals surface area contributed by atoms with E-state index in [2.05, 4.69) is 27.1 Å². The van der Waals surface area contributed by atoms with Gasteiger partial charge in [-0.3, -0.25) is 4.79 Å². The van der Waals surface area contributed by atoms with Crippen molar-refractivity contribution in [1.29, 1.82) is 0 Å². The van der Waals surface area contributed by atoms with E-state index in [-0.39, 0.29) is 11.9 Å². The number of hydrogen-bond acceptors (Lipinski definition) is 5. The third-order valence-electron chi connectivity index (χ3n) is 4.91. The maximum Gasteiger partial charge on any atom is 0.251 e. The molecule has 1 aromatic carbocycles. The number of halogens is 1. The van der Waals surface area contributed by atoms with Gasteiger partial charge in [-0.1, -0.05) is 42.4 Å². The van der Waals surface area contributed by atoms with Gasteiger partial charge in [-0.15, -0.1) is 0 Å². The average molecular weight is 419 g/mol. The van der Waals surface area contributed by atoms with Gasteiger partial charge < -0.3 is 10.2 Å². The van der Waals surface area contributed by atoms with Crippen LogP contribution in [0, 0.1) is 0 Å². The molecule has 1 aliphatic heterocycles. The number of piperidine rings is 1. The Morgan fingerprint density at radius 3 is 2.61 bits per heavy atom. The molecule has 1 amide bonds. The van der Waals surface area contributed by atoms with Crippen LogP contribution in [0.25, 0.3) is 0 Å². The summed E-state index contributed by atoms with van der Waals surface area (Å²) in [6.07, 6.45) is 4.59. The zero-order chi connectivity index (χ0) is 19.9. The first kappa shape index (κ1) is 20.9. The Balaban J connectivity index is 1.60. The molecule has 0 saturated carbocycles. The average Bonchev–Trinajstić information content (AvgIpc) is 2.72. The molecule has 0 spiro atoms. The van der Waals surface area contributed by atoms with E-state index in [4.69, 9.17) is 11.6 Å². The summed E-state index contributed by atoms with van der Waals surface area (Å²) in [6, 6.07) is 9.72. The van der Waals surface area contributed by atoms with Crippen molar-refractivity contribution in [1.82, 2.24) is 15.3 Å². The molecule has 0 radical (unpaired) electrons. The fourth-order valence-corrected chi connectivity index (χ4v) is 4.08. The van der Waals surface area contributed by atoms with Gasteiger partial charge in [0.2, 0.25) is 0 Å². The minimum absolute atomic E-state index is 0.0297. The van der Waals surface area contributed by atoms with Crippen LogP contribution in [0.1, 0.15) is 55.5 Å². The van der Waals surface area contributed by atoms with Crippen LogP contribution < -0.4 is 10.2 Å². The van der Waals surface area contributed by atoms with Crippen molar-refractivity contribution in [2.45, 2.75) is 56.5 Å². The molecule has 1 fully saturated rings. The third kappa shape index (κ3) is 5.85. The smallest absolute Gasteiger partial charge is 0.251 e. The Bertz CT molecular complexity index is 793. The zero-order valence-corrected chi connectivity index (χ0v) is 18.0. The van der Waals surface area contributed by atoms with Crippen molar-refractivity contribution in [2.75, 3.05) is 18.0 Å². The van der Waals surface area contributed by atoms with Gasteiger partial charge in [-0.2, -0.15) is 0 Å². The maximum atomic E-state index is 12.2. The summed E-state index contributed by atoms with van der Waals surface area (Å²) in [4.78, 5) is 23.5. The highest BCUT2D eigenvalue weighted by atomic mass is 35.5. The van der Waals surface area contributed by atoms with Gasteiger partial charge in [0.25, 0.3) is 5.91 Å². The highest BCUT2D eigenvalue weighted by Crippen LogP contribution is 2.26. The normalized spacial score (nSPS) is 15.3. The van der Waals surface area contributed by atoms with Crippen molar-refractivity contribution >= 4 is 35.1 Å². The lowest BCUT2D eigenvalue weighted by atomic mass is 10.1. The molecule has 1 aliphatic rings. The number of hydrogen-bond donors (Lipinski definition) is 1. The predicted molar refractivity (Wildman–Crippen MR) is 116 cm³/mol. The topological polar surface area (TPSA) is 58.1 Å². The SMILES string of the molecule is CC[C@@H](C)NC(=O)c1ccc(CSc2nc(Cl)cc(N3CCCCC3)n2)cc1. The van der Waals surface area contributed by atoms with Crippen LogP contribution >= 0.6 is 23.4 Å².